The van der Waals surface area contributed by atoms with Crippen LogP contribution in [0.5, 0.6) is 0 Å². The van der Waals surface area contributed by atoms with Gasteiger partial charge in [0.15, 0.2) is 0 Å². The molecule has 0 amide bonds. The van der Waals surface area contributed by atoms with Crippen molar-refractivity contribution in [2.75, 3.05) is 5.73 Å². The minimum absolute atomic E-state index is 0.000677. The Balaban J connectivity index is 1.53. The number of carbonyl (C=O) groups is 1. The number of nitrogens with two attached hydrogens (primary N) is 1. The van der Waals surface area contributed by atoms with Crippen molar-refractivity contribution >= 4 is 43.6 Å². The minimum Gasteiger partial charge on any atom is -0.383 e. The lowest BCUT2D eigenvalue weighted by Gasteiger charge is -2.11. The second-order valence-electron chi connectivity index (χ2n) is 8.67. The normalized spacial score (nSPS) is 11.7. The van der Waals surface area contributed by atoms with Crippen molar-refractivity contribution in [3.63, 3.8) is 0 Å². The monoisotopic (exact) mass is 521 g/mol. The van der Waals surface area contributed by atoms with E-state index in [0.29, 0.717) is 11.1 Å². The number of carbonyl (C=O) groups excluding carboxylic acids is 1. The van der Waals surface area contributed by atoms with Gasteiger partial charge in [-0.15, -0.1) is 0 Å². The molecule has 6 aromatic rings. The highest BCUT2D eigenvalue weighted by atomic mass is 32.2. The Morgan fingerprint density at radius 2 is 1.84 bits per heavy atom. The molecule has 3 heterocycles. The number of aromatic nitrogens is 5. The first-order valence-corrected chi connectivity index (χ1v) is 12.9. The van der Waals surface area contributed by atoms with Crippen LogP contribution in [0.25, 0.3) is 27.6 Å². The maximum Gasteiger partial charge on any atom is 0.268 e. The SMILES string of the molecule is Cc1nc2ccc(-n3ncc(C(=O)c4cc5c(C#N)cccc5n4S(=O)(=O)c4ccccc4)c3N)cc2[nH]1. The van der Waals surface area contributed by atoms with Crippen molar-refractivity contribution in [2.24, 2.45) is 0 Å². The maximum absolute atomic E-state index is 13.9. The van der Waals surface area contributed by atoms with Crippen LogP contribution in [0.4, 0.5) is 5.82 Å². The first-order valence-electron chi connectivity index (χ1n) is 11.5. The molecule has 0 aliphatic rings. The van der Waals surface area contributed by atoms with Gasteiger partial charge in [0.25, 0.3) is 10.0 Å². The summed E-state index contributed by atoms with van der Waals surface area (Å²) in [5.74, 6) is 0.150. The summed E-state index contributed by atoms with van der Waals surface area (Å²) < 4.78 is 29.9. The number of nitrogens with zero attached hydrogens (tertiary/aromatic N) is 5. The van der Waals surface area contributed by atoms with Crippen molar-refractivity contribution in [3.05, 3.63) is 102 Å². The molecule has 38 heavy (non-hydrogen) atoms. The van der Waals surface area contributed by atoms with E-state index in [2.05, 4.69) is 21.1 Å². The fourth-order valence-corrected chi connectivity index (χ4v) is 6.08. The van der Waals surface area contributed by atoms with Crippen LogP contribution in [0, 0.1) is 18.3 Å². The van der Waals surface area contributed by atoms with Crippen LogP contribution in [0.15, 0.2) is 83.9 Å². The largest absolute Gasteiger partial charge is 0.383 e. The Labute approximate surface area is 216 Å². The fraction of sp³-hybridized carbons (Fsp3) is 0.0370. The molecule has 0 aliphatic heterocycles. The lowest BCUT2D eigenvalue weighted by atomic mass is 10.1. The number of anilines is 1. The van der Waals surface area contributed by atoms with Gasteiger partial charge in [0.05, 0.1) is 50.5 Å². The molecule has 0 spiro atoms. The summed E-state index contributed by atoms with van der Waals surface area (Å²) >= 11 is 0. The first kappa shape index (κ1) is 23.2. The number of aryl methyl sites for hydroxylation is 1. The highest BCUT2D eigenvalue weighted by Gasteiger charge is 2.29. The van der Waals surface area contributed by atoms with Gasteiger partial charge in [-0.1, -0.05) is 24.3 Å². The Hall–Kier alpha value is -5.21. The summed E-state index contributed by atoms with van der Waals surface area (Å²) in [5.41, 5.74) is 8.86. The third kappa shape index (κ3) is 3.47. The van der Waals surface area contributed by atoms with Crippen molar-refractivity contribution in [2.45, 2.75) is 11.8 Å². The lowest BCUT2D eigenvalue weighted by molar-refractivity contribution is 0.103. The molecule has 0 saturated heterocycles. The zero-order valence-electron chi connectivity index (χ0n) is 20.0. The van der Waals surface area contributed by atoms with Gasteiger partial charge in [-0.05, 0) is 55.5 Å². The third-order valence-electron chi connectivity index (χ3n) is 6.32. The van der Waals surface area contributed by atoms with E-state index in [1.165, 1.54) is 29.1 Å². The predicted molar refractivity (Wildman–Crippen MR) is 141 cm³/mol. The summed E-state index contributed by atoms with van der Waals surface area (Å²) in [4.78, 5) is 21.4. The smallest absolute Gasteiger partial charge is 0.268 e. The van der Waals surface area contributed by atoms with E-state index in [1.807, 2.05) is 19.1 Å². The molecule has 0 fully saturated rings. The minimum atomic E-state index is -4.20. The predicted octanol–water partition coefficient (Wildman–Crippen LogP) is 3.93. The van der Waals surface area contributed by atoms with E-state index in [1.54, 1.807) is 42.5 Å². The van der Waals surface area contributed by atoms with Gasteiger partial charge in [-0.2, -0.15) is 10.4 Å². The molecule has 0 unspecified atom stereocenters. The Morgan fingerprint density at radius 1 is 1.05 bits per heavy atom. The number of nitriles is 1. The molecule has 3 N–H and O–H groups in total. The lowest BCUT2D eigenvalue weighted by Crippen LogP contribution is -2.19. The molecule has 3 aromatic carbocycles. The molecule has 3 aromatic heterocycles. The van der Waals surface area contributed by atoms with E-state index in [4.69, 9.17) is 5.73 Å². The quantitative estimate of drug-likeness (QED) is 0.326. The van der Waals surface area contributed by atoms with Crippen LogP contribution in [-0.2, 0) is 10.0 Å². The number of H-pyrrole nitrogens is 1. The van der Waals surface area contributed by atoms with Gasteiger partial charge in [-0.25, -0.2) is 22.1 Å². The van der Waals surface area contributed by atoms with Crippen LogP contribution in [0.3, 0.4) is 0 Å². The zero-order chi connectivity index (χ0) is 26.6. The Morgan fingerprint density at radius 3 is 2.61 bits per heavy atom. The molecule has 0 aliphatic carbocycles. The van der Waals surface area contributed by atoms with Crippen molar-refractivity contribution in [1.29, 1.82) is 5.26 Å². The number of imidazole rings is 1. The number of ketones is 1. The third-order valence-corrected chi connectivity index (χ3v) is 8.06. The Bertz CT molecular complexity index is 2050. The number of benzene rings is 3. The van der Waals surface area contributed by atoms with Crippen LogP contribution >= 0.6 is 0 Å². The van der Waals surface area contributed by atoms with E-state index >= 15 is 0 Å². The number of nitrogen functional groups attached to an aromatic ring is 1. The van der Waals surface area contributed by atoms with Crippen LogP contribution in [0.2, 0.25) is 0 Å². The highest BCUT2D eigenvalue weighted by molar-refractivity contribution is 7.90. The molecule has 10 nitrogen and oxygen atoms in total. The molecule has 0 radical (unpaired) electrons. The molecular formula is C27H19N7O3S. The van der Waals surface area contributed by atoms with Crippen LogP contribution in [-0.4, -0.2) is 37.9 Å². The molecule has 186 valence electrons. The number of nitrogens with one attached hydrogen (secondary N) is 1. The summed E-state index contributed by atoms with van der Waals surface area (Å²) in [6.45, 7) is 1.85. The number of rotatable bonds is 5. The number of aromatic amines is 1. The van der Waals surface area contributed by atoms with E-state index in [-0.39, 0.29) is 33.1 Å². The topological polar surface area (TPSA) is 152 Å². The highest BCUT2D eigenvalue weighted by Crippen LogP contribution is 2.31. The van der Waals surface area contributed by atoms with Crippen molar-refractivity contribution in [1.82, 2.24) is 23.7 Å². The Kier molecular flexibility index (Phi) is 5.15. The molecule has 6 rings (SSSR count). The van der Waals surface area contributed by atoms with Gasteiger partial charge in [-0.3, -0.25) is 4.79 Å². The summed E-state index contributed by atoms with van der Waals surface area (Å²) in [7, 11) is -4.20. The van der Waals surface area contributed by atoms with Gasteiger partial charge >= 0.3 is 0 Å². The van der Waals surface area contributed by atoms with Crippen molar-refractivity contribution in [3.8, 4) is 11.8 Å². The average molecular weight is 522 g/mol. The van der Waals surface area contributed by atoms with E-state index < -0.39 is 15.8 Å². The van der Waals surface area contributed by atoms with E-state index in [9.17, 15) is 18.5 Å². The molecular weight excluding hydrogens is 502 g/mol. The molecule has 0 atom stereocenters. The number of hydrogen-bond acceptors (Lipinski definition) is 7. The summed E-state index contributed by atoms with van der Waals surface area (Å²) in [6.07, 6.45) is 1.31. The molecule has 0 saturated carbocycles. The fourth-order valence-electron chi connectivity index (χ4n) is 4.55. The van der Waals surface area contributed by atoms with Crippen molar-refractivity contribution < 1.29 is 13.2 Å². The van der Waals surface area contributed by atoms with Gasteiger partial charge in [0.1, 0.15) is 17.3 Å². The molecule has 0 bridgehead atoms. The van der Waals surface area contributed by atoms with Gasteiger partial charge < -0.3 is 10.7 Å². The van der Waals surface area contributed by atoms with Crippen LogP contribution < -0.4 is 5.73 Å². The summed E-state index contributed by atoms with van der Waals surface area (Å²) in [5, 5.41) is 14.3. The number of fused-ring (bicyclic) bond motifs is 2. The van der Waals surface area contributed by atoms with Gasteiger partial charge in [0.2, 0.25) is 5.78 Å². The average Bonchev–Trinajstić information content (AvgIpc) is 3.62. The molecule has 11 heteroatoms. The van der Waals surface area contributed by atoms with E-state index in [0.717, 1.165) is 20.8 Å². The standard InChI is InChI=1S/C27H19N7O3S/c1-16-31-22-11-10-18(12-23(22)32-16)33-27(29)21(15-30-33)26(35)25-13-20-17(14-28)6-5-9-24(20)34(25)38(36,37)19-7-3-2-4-8-19/h2-13,15H,29H2,1H3,(H,31,32). The zero-order valence-corrected chi connectivity index (χ0v) is 20.8. The number of hydrogen-bond donors (Lipinski definition) is 2. The van der Waals surface area contributed by atoms with Crippen LogP contribution in [0.1, 0.15) is 27.4 Å². The first-order chi connectivity index (χ1) is 18.3. The second-order valence-corrected chi connectivity index (χ2v) is 10.5. The summed E-state index contributed by atoms with van der Waals surface area (Å²) in [6, 6.07) is 21.4. The van der Waals surface area contributed by atoms with Gasteiger partial charge in [0, 0.05) is 5.39 Å². The maximum atomic E-state index is 13.9. The second kappa shape index (κ2) is 8.43.